The van der Waals surface area contributed by atoms with Gasteiger partial charge in [-0.1, -0.05) is 0 Å². The molecule has 0 fully saturated rings. The van der Waals surface area contributed by atoms with Gasteiger partial charge in [-0.3, -0.25) is 4.98 Å². The van der Waals surface area contributed by atoms with Gasteiger partial charge in [-0.05, 0) is 0 Å². The normalized spacial score (nSPS) is 7.64. The summed E-state index contributed by atoms with van der Waals surface area (Å²) in [6.07, 6.45) is 2.93. The Morgan fingerprint density at radius 3 is 1.55 bits per heavy atom. The summed E-state index contributed by atoms with van der Waals surface area (Å²) in [4.78, 5) is 3.71. The molecule has 0 saturated carbocycles. The van der Waals surface area contributed by atoms with Gasteiger partial charge in [0.25, 0.3) is 0 Å². The van der Waals surface area contributed by atoms with E-state index in [1.54, 1.807) is 0 Å². The number of aromatic nitrogens is 1. The van der Waals surface area contributed by atoms with E-state index in [4.69, 9.17) is 17.2 Å². The van der Waals surface area contributed by atoms with E-state index < -0.39 is 0 Å². The average molecular weight is 197 g/mol. The molecule has 0 aliphatic heterocycles. The number of anilines is 3. The van der Waals surface area contributed by atoms with Gasteiger partial charge in [0.05, 0.1) is 29.5 Å². The first kappa shape index (κ1) is 12.8. The summed E-state index contributed by atoms with van der Waals surface area (Å²) in [5.41, 5.74) is 17.4. The van der Waals surface area contributed by atoms with Gasteiger partial charge in [0, 0.05) is 0 Å². The lowest BCUT2D eigenvalue weighted by molar-refractivity contribution is 1.34. The number of nitrogens with zero attached hydrogens (tertiary/aromatic N) is 1. The van der Waals surface area contributed by atoms with E-state index in [0.29, 0.717) is 17.1 Å². The Balaban J connectivity index is 0. The van der Waals surface area contributed by atoms with Gasteiger partial charge in [-0.2, -0.15) is 0 Å². The molecule has 0 radical (unpaired) electrons. The van der Waals surface area contributed by atoms with Crippen molar-refractivity contribution in [2.45, 2.75) is 0 Å². The fourth-order valence-electron chi connectivity index (χ4n) is 0.504. The lowest BCUT2D eigenvalue weighted by Gasteiger charge is -1.99. The molecule has 0 bridgehead atoms. The van der Waals surface area contributed by atoms with Crippen LogP contribution in [-0.4, -0.2) is 4.98 Å². The van der Waals surface area contributed by atoms with Crippen molar-refractivity contribution < 1.29 is 0 Å². The van der Waals surface area contributed by atoms with Gasteiger partial charge in [0.15, 0.2) is 0 Å². The Morgan fingerprint density at radius 2 is 1.27 bits per heavy atom. The Kier molecular flexibility index (Phi) is 5.66. The predicted octanol–water partition coefficient (Wildman–Crippen LogP) is 0.672. The Hall–Kier alpha value is -0.870. The van der Waals surface area contributed by atoms with E-state index in [-0.39, 0.29) is 24.8 Å². The van der Waals surface area contributed by atoms with Crippen LogP contribution in [0.1, 0.15) is 0 Å². The quantitative estimate of drug-likeness (QED) is 0.570. The van der Waals surface area contributed by atoms with Crippen molar-refractivity contribution in [2.24, 2.45) is 0 Å². The average Bonchev–Trinajstić information content (AvgIpc) is 1.83. The van der Waals surface area contributed by atoms with Crippen LogP contribution in [0.25, 0.3) is 0 Å². The molecule has 0 aromatic carbocycles. The summed E-state index contributed by atoms with van der Waals surface area (Å²) in [5.74, 6) is 0. The third-order valence-corrected chi connectivity index (χ3v) is 1.05. The molecule has 0 saturated heterocycles. The molecule has 64 valence electrons. The molecule has 6 heteroatoms. The highest BCUT2D eigenvalue weighted by Crippen LogP contribution is 2.18. The molecule has 0 amide bonds. The molecule has 0 aliphatic rings. The Labute approximate surface area is 77.0 Å². The van der Waals surface area contributed by atoms with Crippen molar-refractivity contribution in [3.05, 3.63) is 12.4 Å². The predicted molar refractivity (Wildman–Crippen MR) is 52.0 cm³/mol. The number of hydrogen-bond acceptors (Lipinski definition) is 4. The molecule has 6 N–H and O–H groups in total. The minimum atomic E-state index is 0. The number of nitrogen functional groups attached to an aromatic ring is 3. The van der Waals surface area contributed by atoms with Gasteiger partial charge in [0.2, 0.25) is 0 Å². The summed E-state index contributed by atoms with van der Waals surface area (Å²) in [7, 11) is 0. The summed E-state index contributed by atoms with van der Waals surface area (Å²) >= 11 is 0. The van der Waals surface area contributed by atoms with Crippen molar-refractivity contribution in [3.8, 4) is 0 Å². The maximum Gasteiger partial charge on any atom is 0.0813 e. The van der Waals surface area contributed by atoms with Crippen LogP contribution in [-0.2, 0) is 0 Å². The zero-order valence-electron chi connectivity index (χ0n) is 5.65. The minimum Gasteiger partial charge on any atom is -0.396 e. The highest BCUT2D eigenvalue weighted by molar-refractivity contribution is 5.85. The molecule has 1 rings (SSSR count). The van der Waals surface area contributed by atoms with E-state index in [9.17, 15) is 0 Å². The number of hydrogen-bond donors (Lipinski definition) is 3. The maximum atomic E-state index is 5.39. The molecular weight excluding hydrogens is 187 g/mol. The minimum absolute atomic E-state index is 0. The summed E-state index contributed by atoms with van der Waals surface area (Å²) < 4.78 is 0. The zero-order chi connectivity index (χ0) is 6.85. The van der Waals surface area contributed by atoms with Crippen LogP contribution >= 0.6 is 24.8 Å². The van der Waals surface area contributed by atoms with E-state index >= 15 is 0 Å². The molecule has 1 aromatic rings. The number of rotatable bonds is 0. The summed E-state index contributed by atoms with van der Waals surface area (Å²) in [5, 5.41) is 0. The van der Waals surface area contributed by atoms with Crippen molar-refractivity contribution in [3.63, 3.8) is 0 Å². The van der Waals surface area contributed by atoms with Gasteiger partial charge >= 0.3 is 0 Å². The largest absolute Gasteiger partial charge is 0.396 e. The van der Waals surface area contributed by atoms with Crippen molar-refractivity contribution in [1.29, 1.82) is 0 Å². The SMILES string of the molecule is Cl.Cl.Nc1cncc(N)c1N. The van der Waals surface area contributed by atoms with Crippen LogP contribution in [0.4, 0.5) is 17.1 Å². The molecule has 0 spiro atoms. The first-order chi connectivity index (χ1) is 4.22. The van der Waals surface area contributed by atoms with E-state index in [1.165, 1.54) is 12.4 Å². The first-order valence-corrected chi connectivity index (χ1v) is 2.46. The van der Waals surface area contributed by atoms with Gasteiger partial charge in [-0.25, -0.2) is 0 Å². The van der Waals surface area contributed by atoms with Crippen molar-refractivity contribution >= 4 is 41.9 Å². The van der Waals surface area contributed by atoms with Crippen LogP contribution in [0.3, 0.4) is 0 Å². The van der Waals surface area contributed by atoms with E-state index in [2.05, 4.69) is 4.98 Å². The van der Waals surface area contributed by atoms with Crippen LogP contribution in [0, 0.1) is 0 Å². The first-order valence-electron chi connectivity index (χ1n) is 2.46. The van der Waals surface area contributed by atoms with Gasteiger partial charge in [-0.15, -0.1) is 24.8 Å². The molecule has 1 aromatic heterocycles. The second-order valence-electron chi connectivity index (χ2n) is 1.73. The highest BCUT2D eigenvalue weighted by Gasteiger charge is 1.95. The Morgan fingerprint density at radius 1 is 0.909 bits per heavy atom. The molecule has 0 aliphatic carbocycles. The molecule has 4 nitrogen and oxygen atoms in total. The maximum absolute atomic E-state index is 5.39. The smallest absolute Gasteiger partial charge is 0.0813 e. The summed E-state index contributed by atoms with van der Waals surface area (Å²) in [6, 6.07) is 0. The monoisotopic (exact) mass is 196 g/mol. The lowest BCUT2D eigenvalue weighted by Crippen LogP contribution is -2.00. The van der Waals surface area contributed by atoms with E-state index in [1.807, 2.05) is 0 Å². The zero-order valence-corrected chi connectivity index (χ0v) is 7.28. The summed E-state index contributed by atoms with van der Waals surface area (Å²) in [6.45, 7) is 0. The molecule has 11 heavy (non-hydrogen) atoms. The van der Waals surface area contributed by atoms with Crippen LogP contribution < -0.4 is 17.2 Å². The van der Waals surface area contributed by atoms with Crippen LogP contribution in [0.5, 0.6) is 0 Å². The van der Waals surface area contributed by atoms with Gasteiger partial charge in [0.1, 0.15) is 0 Å². The fourth-order valence-corrected chi connectivity index (χ4v) is 0.504. The standard InChI is InChI=1S/C5H8N4.2ClH/c6-3-1-9-2-4(7)5(3)8;;/h1-2H,6-7H2,(H2,8,9);2*1H. The third kappa shape index (κ3) is 2.69. The third-order valence-electron chi connectivity index (χ3n) is 1.05. The van der Waals surface area contributed by atoms with Crippen molar-refractivity contribution in [1.82, 2.24) is 4.98 Å². The van der Waals surface area contributed by atoms with Crippen LogP contribution in [0.15, 0.2) is 12.4 Å². The van der Waals surface area contributed by atoms with E-state index in [0.717, 1.165) is 0 Å². The second-order valence-corrected chi connectivity index (χ2v) is 1.73. The molecular formula is C5H10Cl2N4. The van der Waals surface area contributed by atoms with Gasteiger partial charge < -0.3 is 17.2 Å². The molecule has 0 atom stereocenters. The number of halogens is 2. The second kappa shape index (κ2) is 4.87. The highest BCUT2D eigenvalue weighted by atomic mass is 35.5. The molecule has 1 heterocycles. The van der Waals surface area contributed by atoms with Crippen LogP contribution in [0.2, 0.25) is 0 Å². The number of nitrogens with two attached hydrogens (primary N) is 3. The Bertz CT molecular complexity index is 207. The van der Waals surface area contributed by atoms with Crippen molar-refractivity contribution in [2.75, 3.05) is 17.2 Å². The lowest BCUT2D eigenvalue weighted by atomic mass is 10.3. The molecule has 0 unspecified atom stereocenters. The fraction of sp³-hybridized carbons (Fsp3) is 0. The topological polar surface area (TPSA) is 90.9 Å². The number of pyridine rings is 1.